The summed E-state index contributed by atoms with van der Waals surface area (Å²) >= 11 is 5.98. The second-order valence-electron chi connectivity index (χ2n) is 3.14. The monoisotopic (exact) mass is 228 g/mol. The van der Waals surface area contributed by atoms with E-state index in [2.05, 4.69) is 21.9 Å². The largest absolute Gasteiger partial charge is 0.369 e. The van der Waals surface area contributed by atoms with Crippen LogP contribution < -0.4 is 6.15 Å². The molecule has 2 aromatic heterocycles. The smallest absolute Gasteiger partial charge is 0.165 e. The van der Waals surface area contributed by atoms with E-state index in [1.807, 2.05) is 18.4 Å². The minimum atomic E-state index is 0. The maximum atomic E-state index is 5.98. The topological polar surface area (TPSA) is 80.1 Å². The van der Waals surface area contributed by atoms with Gasteiger partial charge in [-0.2, -0.15) is 0 Å². The number of hydrogen-bond acceptors (Lipinski definition) is 3. The molecule has 0 aliphatic rings. The van der Waals surface area contributed by atoms with Crippen LogP contribution in [0.15, 0.2) is 0 Å². The first kappa shape index (κ1) is 11.9. The molecule has 82 valence electrons. The number of fused-ring (bicyclic) bond motifs is 1. The number of nitrogens with zero attached hydrogens (tertiary/aromatic N) is 4. The second kappa shape index (κ2) is 4.12. The van der Waals surface area contributed by atoms with Crippen LogP contribution in [0.4, 0.5) is 0 Å². The molecule has 0 aromatic carbocycles. The molecule has 15 heavy (non-hydrogen) atoms. The molecular formula is C9H15ClN5+. The minimum Gasteiger partial charge on any atom is -0.369 e. The van der Waals surface area contributed by atoms with Crippen molar-refractivity contribution < 1.29 is 0 Å². The molecule has 2 heterocycles. The third kappa shape index (κ3) is 1.80. The van der Waals surface area contributed by atoms with E-state index in [-0.39, 0.29) is 6.15 Å². The SMILES string of the molecule is CCn1c(C)nc2c(Cl)nc(C)nc21.[NH4+]. The van der Waals surface area contributed by atoms with Gasteiger partial charge in [-0.05, 0) is 20.8 Å². The third-order valence-electron chi connectivity index (χ3n) is 2.17. The molecule has 0 atom stereocenters. The highest BCUT2D eigenvalue weighted by molar-refractivity contribution is 6.33. The van der Waals surface area contributed by atoms with E-state index in [9.17, 15) is 0 Å². The van der Waals surface area contributed by atoms with E-state index in [0.717, 1.165) is 18.0 Å². The zero-order valence-electron chi connectivity index (χ0n) is 9.37. The predicted octanol–water partition coefficient (Wildman–Crippen LogP) is 2.49. The Balaban J connectivity index is 0.00000112. The summed E-state index contributed by atoms with van der Waals surface area (Å²) in [5.74, 6) is 1.60. The summed E-state index contributed by atoms with van der Waals surface area (Å²) in [5.41, 5.74) is 1.51. The zero-order chi connectivity index (χ0) is 10.3. The standard InChI is InChI=1S/C9H11ClN4.H3N/c1-4-14-6(3)13-7-8(10)11-5(2)12-9(7)14;/h4H2,1-3H3;1H3/p+1. The lowest BCUT2D eigenvalue weighted by atomic mass is 10.5. The van der Waals surface area contributed by atoms with Crippen molar-refractivity contribution in [3.8, 4) is 0 Å². The van der Waals surface area contributed by atoms with Crippen molar-refractivity contribution in [1.29, 1.82) is 0 Å². The molecule has 0 saturated heterocycles. The average Bonchev–Trinajstić information content (AvgIpc) is 2.41. The Morgan fingerprint density at radius 1 is 1.20 bits per heavy atom. The third-order valence-corrected chi connectivity index (χ3v) is 2.43. The van der Waals surface area contributed by atoms with Gasteiger partial charge in [-0.1, -0.05) is 11.6 Å². The summed E-state index contributed by atoms with van der Waals surface area (Å²) in [6.45, 7) is 6.67. The maximum Gasteiger partial charge on any atom is 0.165 e. The quantitative estimate of drug-likeness (QED) is 0.762. The van der Waals surface area contributed by atoms with Crippen LogP contribution in [0.25, 0.3) is 11.2 Å². The van der Waals surface area contributed by atoms with E-state index in [0.29, 0.717) is 16.5 Å². The van der Waals surface area contributed by atoms with Gasteiger partial charge in [0.2, 0.25) is 0 Å². The van der Waals surface area contributed by atoms with Gasteiger partial charge in [0.05, 0.1) is 0 Å². The van der Waals surface area contributed by atoms with Crippen molar-refractivity contribution in [3.05, 3.63) is 16.8 Å². The fourth-order valence-electron chi connectivity index (χ4n) is 1.56. The fraction of sp³-hybridized carbons (Fsp3) is 0.444. The molecule has 2 rings (SSSR count). The maximum absolute atomic E-state index is 5.98. The van der Waals surface area contributed by atoms with E-state index < -0.39 is 0 Å². The van der Waals surface area contributed by atoms with Crippen LogP contribution in [0, 0.1) is 13.8 Å². The average molecular weight is 229 g/mol. The molecule has 0 spiro atoms. The van der Waals surface area contributed by atoms with Crippen molar-refractivity contribution in [2.75, 3.05) is 0 Å². The zero-order valence-corrected chi connectivity index (χ0v) is 10.1. The number of halogens is 1. The van der Waals surface area contributed by atoms with Crippen molar-refractivity contribution in [1.82, 2.24) is 25.7 Å². The first-order valence-corrected chi connectivity index (χ1v) is 4.88. The van der Waals surface area contributed by atoms with Gasteiger partial charge >= 0.3 is 0 Å². The summed E-state index contributed by atoms with van der Waals surface area (Å²) in [4.78, 5) is 12.7. The number of imidazole rings is 1. The molecule has 0 aliphatic heterocycles. The Hall–Kier alpha value is -1.20. The molecule has 2 aromatic rings. The van der Waals surface area contributed by atoms with Gasteiger partial charge in [0.15, 0.2) is 10.8 Å². The Bertz CT molecular complexity index is 491. The highest BCUT2D eigenvalue weighted by Crippen LogP contribution is 2.20. The Morgan fingerprint density at radius 2 is 1.87 bits per heavy atom. The summed E-state index contributed by atoms with van der Waals surface area (Å²) in [6.07, 6.45) is 0. The molecule has 0 amide bonds. The summed E-state index contributed by atoms with van der Waals surface area (Å²) in [7, 11) is 0. The van der Waals surface area contributed by atoms with Crippen molar-refractivity contribution in [3.63, 3.8) is 0 Å². The molecule has 0 radical (unpaired) electrons. The number of aryl methyl sites for hydroxylation is 3. The van der Waals surface area contributed by atoms with Gasteiger partial charge in [0, 0.05) is 6.54 Å². The van der Waals surface area contributed by atoms with E-state index in [4.69, 9.17) is 11.6 Å². The Labute approximate surface area is 93.1 Å². The molecule has 5 nitrogen and oxygen atoms in total. The minimum absolute atomic E-state index is 0. The molecular weight excluding hydrogens is 214 g/mol. The molecule has 0 unspecified atom stereocenters. The summed E-state index contributed by atoms with van der Waals surface area (Å²) in [6, 6.07) is 0. The Kier molecular flexibility index (Phi) is 3.26. The predicted molar refractivity (Wildman–Crippen MR) is 61.5 cm³/mol. The highest BCUT2D eigenvalue weighted by atomic mass is 35.5. The van der Waals surface area contributed by atoms with Crippen LogP contribution in [0.2, 0.25) is 5.15 Å². The van der Waals surface area contributed by atoms with Crippen molar-refractivity contribution >= 4 is 22.8 Å². The lowest BCUT2D eigenvalue weighted by molar-refractivity contribution is 0.744. The van der Waals surface area contributed by atoms with Crippen LogP contribution in [-0.2, 0) is 6.54 Å². The first-order chi connectivity index (χ1) is 6.63. The van der Waals surface area contributed by atoms with Gasteiger partial charge in [-0.15, -0.1) is 0 Å². The molecule has 0 aliphatic carbocycles. The normalized spacial score (nSPS) is 10.4. The van der Waals surface area contributed by atoms with E-state index in [1.54, 1.807) is 0 Å². The Morgan fingerprint density at radius 3 is 2.47 bits per heavy atom. The number of rotatable bonds is 1. The van der Waals surface area contributed by atoms with Gasteiger partial charge in [-0.3, -0.25) is 0 Å². The van der Waals surface area contributed by atoms with Gasteiger partial charge in [0.25, 0.3) is 0 Å². The first-order valence-electron chi connectivity index (χ1n) is 4.50. The van der Waals surface area contributed by atoms with Crippen LogP contribution in [-0.4, -0.2) is 19.5 Å². The molecule has 0 fully saturated rings. The summed E-state index contributed by atoms with van der Waals surface area (Å²) in [5, 5.41) is 0.433. The van der Waals surface area contributed by atoms with Gasteiger partial charge in [-0.25, -0.2) is 15.0 Å². The molecule has 0 saturated carbocycles. The fourth-order valence-corrected chi connectivity index (χ4v) is 1.81. The van der Waals surface area contributed by atoms with Crippen molar-refractivity contribution in [2.45, 2.75) is 27.3 Å². The van der Waals surface area contributed by atoms with Crippen LogP contribution in [0.5, 0.6) is 0 Å². The lowest BCUT2D eigenvalue weighted by Crippen LogP contribution is -1.99. The molecule has 0 bridgehead atoms. The number of aromatic nitrogens is 4. The van der Waals surface area contributed by atoms with Gasteiger partial charge < -0.3 is 10.7 Å². The molecule has 6 heteroatoms. The second-order valence-corrected chi connectivity index (χ2v) is 3.50. The summed E-state index contributed by atoms with van der Waals surface area (Å²) < 4.78 is 2.02. The number of hydrogen-bond donors (Lipinski definition) is 1. The van der Waals surface area contributed by atoms with E-state index in [1.165, 1.54) is 0 Å². The number of quaternary nitrogens is 1. The van der Waals surface area contributed by atoms with E-state index >= 15 is 0 Å². The van der Waals surface area contributed by atoms with Crippen molar-refractivity contribution in [2.24, 2.45) is 0 Å². The van der Waals surface area contributed by atoms with Crippen LogP contribution in [0.3, 0.4) is 0 Å². The van der Waals surface area contributed by atoms with Crippen LogP contribution in [0.1, 0.15) is 18.6 Å². The van der Waals surface area contributed by atoms with Gasteiger partial charge in [0.1, 0.15) is 17.2 Å². The molecule has 4 N–H and O–H groups in total. The lowest BCUT2D eigenvalue weighted by Gasteiger charge is -2.01. The van der Waals surface area contributed by atoms with Crippen LogP contribution >= 0.6 is 11.6 Å². The highest BCUT2D eigenvalue weighted by Gasteiger charge is 2.11.